The van der Waals surface area contributed by atoms with E-state index >= 15 is 0 Å². The fraction of sp³-hybridized carbons (Fsp3) is 0.174. The number of hydrogen-bond donors (Lipinski definition) is 0. The molecule has 32 heavy (non-hydrogen) atoms. The number of benzene rings is 2. The minimum atomic E-state index is -0.0565. The molecule has 0 saturated carbocycles. The second-order valence-electron chi connectivity index (χ2n) is 6.72. The second-order valence-corrected chi connectivity index (χ2v) is 8.10. The first-order valence-electron chi connectivity index (χ1n) is 9.76. The number of methoxy groups -OCH3 is 1. The van der Waals surface area contributed by atoms with Gasteiger partial charge in [-0.25, -0.2) is 0 Å². The zero-order valence-electron chi connectivity index (χ0n) is 17.2. The SMILES string of the molecule is COc1ccccc1C(=O)CSc1nnc(COc2ccc(Cl)cc2)n1Cc1ccco1. The number of Topliss-reactive ketones (excluding diaryl/α,β-unsaturated/α-hetero) is 1. The first-order chi connectivity index (χ1) is 15.6. The average Bonchev–Trinajstić information content (AvgIpc) is 3.47. The number of thioether (sulfide) groups is 1. The summed E-state index contributed by atoms with van der Waals surface area (Å²) >= 11 is 7.23. The summed E-state index contributed by atoms with van der Waals surface area (Å²) in [6.07, 6.45) is 1.61. The van der Waals surface area contributed by atoms with Gasteiger partial charge in [0.05, 0.1) is 31.2 Å². The molecule has 2 heterocycles. The topological polar surface area (TPSA) is 79.4 Å². The van der Waals surface area contributed by atoms with Crippen molar-refractivity contribution >= 4 is 29.1 Å². The summed E-state index contributed by atoms with van der Waals surface area (Å²) in [5.74, 6) is 2.71. The Bertz CT molecular complexity index is 1180. The van der Waals surface area contributed by atoms with E-state index in [4.69, 9.17) is 25.5 Å². The van der Waals surface area contributed by atoms with Gasteiger partial charge in [0.25, 0.3) is 0 Å². The van der Waals surface area contributed by atoms with Crippen LogP contribution in [0.3, 0.4) is 0 Å². The molecule has 0 aliphatic rings. The predicted octanol–water partition coefficient (Wildman–Crippen LogP) is 5.14. The molecule has 0 radical (unpaired) electrons. The van der Waals surface area contributed by atoms with Crippen LogP contribution in [0.15, 0.2) is 76.5 Å². The number of carbonyl (C=O) groups is 1. The van der Waals surface area contributed by atoms with Crippen molar-refractivity contribution < 1.29 is 18.7 Å². The van der Waals surface area contributed by atoms with Gasteiger partial charge in [-0.15, -0.1) is 10.2 Å². The third-order valence-corrected chi connectivity index (χ3v) is 5.83. The van der Waals surface area contributed by atoms with Crippen molar-refractivity contribution in [2.75, 3.05) is 12.9 Å². The lowest BCUT2D eigenvalue weighted by Gasteiger charge is -2.10. The molecule has 4 rings (SSSR count). The van der Waals surface area contributed by atoms with E-state index in [1.165, 1.54) is 11.8 Å². The van der Waals surface area contributed by atoms with Gasteiger partial charge in [0, 0.05) is 5.02 Å². The number of carbonyl (C=O) groups excluding carboxylic acids is 1. The number of ketones is 1. The summed E-state index contributed by atoms with van der Waals surface area (Å²) in [7, 11) is 1.55. The van der Waals surface area contributed by atoms with E-state index in [2.05, 4.69) is 10.2 Å². The molecule has 0 aliphatic carbocycles. The van der Waals surface area contributed by atoms with E-state index < -0.39 is 0 Å². The zero-order chi connectivity index (χ0) is 22.3. The van der Waals surface area contributed by atoms with Gasteiger partial charge in [-0.3, -0.25) is 9.36 Å². The quantitative estimate of drug-likeness (QED) is 0.235. The minimum Gasteiger partial charge on any atom is -0.496 e. The Morgan fingerprint density at radius 1 is 1.09 bits per heavy atom. The van der Waals surface area contributed by atoms with Gasteiger partial charge >= 0.3 is 0 Å². The van der Waals surface area contributed by atoms with Crippen molar-refractivity contribution in [2.24, 2.45) is 0 Å². The summed E-state index contributed by atoms with van der Waals surface area (Å²) in [6.45, 7) is 0.626. The van der Waals surface area contributed by atoms with E-state index in [1.54, 1.807) is 49.8 Å². The predicted molar refractivity (Wildman–Crippen MR) is 122 cm³/mol. The Balaban J connectivity index is 1.50. The molecule has 0 atom stereocenters. The Morgan fingerprint density at radius 3 is 2.66 bits per heavy atom. The average molecular weight is 470 g/mol. The van der Waals surface area contributed by atoms with Crippen LogP contribution in [0.5, 0.6) is 11.5 Å². The van der Waals surface area contributed by atoms with Crippen molar-refractivity contribution in [1.82, 2.24) is 14.8 Å². The molecule has 7 nitrogen and oxygen atoms in total. The van der Waals surface area contributed by atoms with Gasteiger partial charge in [-0.05, 0) is 48.5 Å². The third-order valence-electron chi connectivity index (χ3n) is 4.61. The maximum absolute atomic E-state index is 12.8. The molecule has 2 aromatic heterocycles. The Labute approximate surface area is 194 Å². The highest BCUT2D eigenvalue weighted by Crippen LogP contribution is 2.24. The van der Waals surface area contributed by atoms with Crippen molar-refractivity contribution in [3.05, 3.63) is 89.1 Å². The number of furan rings is 1. The zero-order valence-corrected chi connectivity index (χ0v) is 18.8. The highest BCUT2D eigenvalue weighted by Gasteiger charge is 2.18. The van der Waals surface area contributed by atoms with Gasteiger partial charge in [0.15, 0.2) is 16.8 Å². The summed E-state index contributed by atoms with van der Waals surface area (Å²) in [5, 5.41) is 9.79. The molecular weight excluding hydrogens is 450 g/mol. The molecule has 0 spiro atoms. The van der Waals surface area contributed by atoms with Crippen LogP contribution < -0.4 is 9.47 Å². The third kappa shape index (κ3) is 5.33. The summed E-state index contributed by atoms with van der Waals surface area (Å²) in [4.78, 5) is 12.8. The van der Waals surface area contributed by atoms with E-state index in [0.29, 0.717) is 39.6 Å². The Hall–Kier alpha value is -3.23. The molecule has 0 aliphatic heterocycles. The van der Waals surface area contributed by atoms with Gasteiger partial charge < -0.3 is 13.9 Å². The highest BCUT2D eigenvalue weighted by atomic mass is 35.5. The van der Waals surface area contributed by atoms with Gasteiger partial charge in [-0.1, -0.05) is 35.5 Å². The highest BCUT2D eigenvalue weighted by molar-refractivity contribution is 7.99. The molecular formula is C23H20ClN3O4S. The van der Waals surface area contributed by atoms with Crippen molar-refractivity contribution in [3.63, 3.8) is 0 Å². The molecule has 164 valence electrons. The lowest BCUT2D eigenvalue weighted by Crippen LogP contribution is -2.10. The molecule has 0 bridgehead atoms. The Morgan fingerprint density at radius 2 is 1.91 bits per heavy atom. The van der Waals surface area contributed by atoms with Crippen LogP contribution in [0.1, 0.15) is 21.9 Å². The van der Waals surface area contributed by atoms with E-state index in [9.17, 15) is 4.79 Å². The monoisotopic (exact) mass is 469 g/mol. The number of rotatable bonds is 10. The largest absolute Gasteiger partial charge is 0.496 e. The van der Waals surface area contributed by atoms with Gasteiger partial charge in [0.2, 0.25) is 0 Å². The molecule has 4 aromatic rings. The van der Waals surface area contributed by atoms with Crippen molar-refractivity contribution in [3.8, 4) is 11.5 Å². The number of aromatic nitrogens is 3. The molecule has 9 heteroatoms. The lowest BCUT2D eigenvalue weighted by atomic mass is 10.1. The number of nitrogens with zero attached hydrogens (tertiary/aromatic N) is 3. The van der Waals surface area contributed by atoms with Crippen LogP contribution in [0, 0.1) is 0 Å². The Kier molecular flexibility index (Phi) is 7.14. The summed E-state index contributed by atoms with van der Waals surface area (Å²) in [5.41, 5.74) is 0.533. The van der Waals surface area contributed by atoms with E-state index in [-0.39, 0.29) is 18.1 Å². The lowest BCUT2D eigenvalue weighted by molar-refractivity contribution is 0.101. The van der Waals surface area contributed by atoms with Crippen LogP contribution in [0.25, 0.3) is 0 Å². The molecule has 0 unspecified atom stereocenters. The van der Waals surface area contributed by atoms with E-state index in [0.717, 1.165) is 5.76 Å². The number of halogens is 1. The standard InChI is InChI=1S/C23H20ClN3O4S/c1-29-21-7-3-2-6-19(21)20(28)15-32-23-26-25-22(27(23)13-18-5-4-12-30-18)14-31-17-10-8-16(24)9-11-17/h2-12H,13-15H2,1H3. The van der Waals surface area contributed by atoms with E-state index in [1.807, 2.05) is 28.8 Å². The van der Waals surface area contributed by atoms with Crippen LogP contribution in [-0.4, -0.2) is 33.4 Å². The maximum Gasteiger partial charge on any atom is 0.192 e. The van der Waals surface area contributed by atoms with Gasteiger partial charge in [0.1, 0.15) is 23.9 Å². The van der Waals surface area contributed by atoms with Crippen LogP contribution in [-0.2, 0) is 13.2 Å². The number of hydrogen-bond acceptors (Lipinski definition) is 7. The fourth-order valence-electron chi connectivity index (χ4n) is 3.01. The first kappa shape index (κ1) is 22.0. The maximum atomic E-state index is 12.8. The number of para-hydroxylation sites is 1. The van der Waals surface area contributed by atoms with Crippen molar-refractivity contribution in [2.45, 2.75) is 18.3 Å². The molecule has 0 saturated heterocycles. The van der Waals surface area contributed by atoms with Crippen LogP contribution in [0.2, 0.25) is 5.02 Å². The summed E-state index contributed by atoms with van der Waals surface area (Å²) < 4.78 is 18.5. The minimum absolute atomic E-state index is 0.0565. The van der Waals surface area contributed by atoms with Crippen LogP contribution in [0.4, 0.5) is 0 Å². The molecule has 0 amide bonds. The summed E-state index contributed by atoms with van der Waals surface area (Å²) in [6, 6.07) is 17.9. The molecule has 0 fully saturated rings. The fourth-order valence-corrected chi connectivity index (χ4v) is 3.98. The second kappa shape index (κ2) is 10.4. The number of ether oxygens (including phenoxy) is 2. The molecule has 0 N–H and O–H groups in total. The van der Waals surface area contributed by atoms with Crippen LogP contribution >= 0.6 is 23.4 Å². The van der Waals surface area contributed by atoms with Crippen molar-refractivity contribution in [1.29, 1.82) is 0 Å². The smallest absolute Gasteiger partial charge is 0.192 e. The molecule has 2 aromatic carbocycles. The first-order valence-corrected chi connectivity index (χ1v) is 11.1. The van der Waals surface area contributed by atoms with Gasteiger partial charge in [-0.2, -0.15) is 0 Å². The normalized spacial score (nSPS) is 10.8.